The highest BCUT2D eigenvalue weighted by atomic mass is 16.3. The van der Waals surface area contributed by atoms with Gasteiger partial charge in [-0.25, -0.2) is 0 Å². The van der Waals surface area contributed by atoms with Crippen molar-refractivity contribution in [2.75, 3.05) is 32.0 Å². The molecule has 5 nitrogen and oxygen atoms in total. The quantitative estimate of drug-likeness (QED) is 0.786. The van der Waals surface area contributed by atoms with Gasteiger partial charge in [-0.15, -0.1) is 0 Å². The summed E-state index contributed by atoms with van der Waals surface area (Å²) in [7, 11) is 1.86. The third-order valence-corrected chi connectivity index (χ3v) is 4.42. The molecule has 1 saturated heterocycles. The van der Waals surface area contributed by atoms with Gasteiger partial charge < -0.3 is 15.7 Å². The predicted molar refractivity (Wildman–Crippen MR) is 94.7 cm³/mol. The number of β-amino-alcohol motifs (C(OH)–C–C–N with tert-alkyl or cyclic N) is 1. The average Bonchev–Trinajstić information content (AvgIpc) is 2.62. The Balaban J connectivity index is 1.76. The van der Waals surface area contributed by atoms with Crippen molar-refractivity contribution in [3.8, 4) is 0 Å². The Labute approximate surface area is 142 Å². The Morgan fingerprint density at radius 3 is 2.58 bits per heavy atom. The molecule has 3 rings (SSSR count). The second-order valence-electron chi connectivity index (χ2n) is 5.99. The summed E-state index contributed by atoms with van der Waals surface area (Å²) in [4.78, 5) is 14.4. The minimum atomic E-state index is -0.631. The van der Waals surface area contributed by atoms with Crippen LogP contribution in [0.3, 0.4) is 0 Å². The summed E-state index contributed by atoms with van der Waals surface area (Å²) in [6.45, 7) is 1.75. The van der Waals surface area contributed by atoms with E-state index in [0.29, 0.717) is 13.1 Å². The zero-order valence-electron chi connectivity index (χ0n) is 13.8. The molecule has 5 heteroatoms. The number of piperazine rings is 1. The maximum Gasteiger partial charge on any atom is 0.242 e. The number of benzene rings is 2. The summed E-state index contributed by atoms with van der Waals surface area (Å²) in [5.74, 6) is -0.00909. The van der Waals surface area contributed by atoms with E-state index in [0.717, 1.165) is 23.4 Å². The van der Waals surface area contributed by atoms with Gasteiger partial charge in [-0.05, 0) is 23.3 Å². The lowest BCUT2D eigenvalue weighted by atomic mass is 10.0. The first-order chi connectivity index (χ1) is 11.7. The van der Waals surface area contributed by atoms with E-state index in [1.54, 1.807) is 0 Å². The molecule has 0 aromatic heterocycles. The number of anilines is 1. The van der Waals surface area contributed by atoms with Gasteiger partial charge in [0, 0.05) is 32.4 Å². The van der Waals surface area contributed by atoms with Crippen molar-refractivity contribution >= 4 is 11.6 Å². The molecule has 1 aliphatic heterocycles. The van der Waals surface area contributed by atoms with E-state index in [9.17, 15) is 9.90 Å². The highest BCUT2D eigenvalue weighted by Crippen LogP contribution is 2.26. The molecule has 3 N–H and O–H groups in total. The Morgan fingerprint density at radius 1 is 1.21 bits per heavy atom. The van der Waals surface area contributed by atoms with Crippen LogP contribution in [0.5, 0.6) is 0 Å². The fourth-order valence-electron chi connectivity index (χ4n) is 3.11. The van der Waals surface area contributed by atoms with Gasteiger partial charge in [-0.3, -0.25) is 9.69 Å². The third kappa shape index (κ3) is 3.58. The van der Waals surface area contributed by atoms with Crippen molar-refractivity contribution in [3.63, 3.8) is 0 Å². The van der Waals surface area contributed by atoms with Gasteiger partial charge in [0.1, 0.15) is 6.04 Å². The zero-order chi connectivity index (χ0) is 16.9. The molecule has 1 amide bonds. The van der Waals surface area contributed by atoms with Crippen LogP contribution in [-0.4, -0.2) is 42.6 Å². The van der Waals surface area contributed by atoms with Crippen molar-refractivity contribution in [2.45, 2.75) is 12.1 Å². The van der Waals surface area contributed by atoms with Crippen LogP contribution in [0.2, 0.25) is 0 Å². The van der Waals surface area contributed by atoms with Crippen LogP contribution in [0.15, 0.2) is 54.6 Å². The number of nitrogens with zero attached hydrogens (tertiary/aromatic N) is 1. The number of rotatable bonds is 5. The topological polar surface area (TPSA) is 64.6 Å². The summed E-state index contributed by atoms with van der Waals surface area (Å²) in [6, 6.07) is 17.1. The molecule has 2 aromatic carbocycles. The highest BCUT2D eigenvalue weighted by Gasteiger charge is 2.32. The molecule has 24 heavy (non-hydrogen) atoms. The van der Waals surface area contributed by atoms with E-state index in [2.05, 4.69) is 10.6 Å². The fourth-order valence-corrected chi connectivity index (χ4v) is 3.11. The maximum absolute atomic E-state index is 12.4. The second-order valence-corrected chi connectivity index (χ2v) is 5.99. The minimum Gasteiger partial charge on any atom is -0.388 e. The number of amides is 1. The number of nitrogens with one attached hydrogen (secondary N) is 2. The lowest BCUT2D eigenvalue weighted by Crippen LogP contribution is -2.51. The van der Waals surface area contributed by atoms with Crippen molar-refractivity contribution in [3.05, 3.63) is 65.7 Å². The molecule has 1 heterocycles. The van der Waals surface area contributed by atoms with Crippen LogP contribution in [-0.2, 0) is 4.79 Å². The molecule has 2 aromatic rings. The van der Waals surface area contributed by atoms with Crippen molar-refractivity contribution < 1.29 is 9.90 Å². The zero-order valence-corrected chi connectivity index (χ0v) is 13.8. The first-order valence-electron chi connectivity index (χ1n) is 8.21. The summed E-state index contributed by atoms with van der Waals surface area (Å²) in [6.07, 6.45) is -0.631. The first-order valence-corrected chi connectivity index (χ1v) is 8.21. The molecular weight excluding hydrogens is 302 g/mol. The van der Waals surface area contributed by atoms with Gasteiger partial charge in [-0.2, -0.15) is 0 Å². The van der Waals surface area contributed by atoms with Crippen LogP contribution < -0.4 is 10.6 Å². The predicted octanol–water partition coefficient (Wildman–Crippen LogP) is 1.93. The first kappa shape index (κ1) is 16.5. The van der Waals surface area contributed by atoms with Crippen molar-refractivity contribution in [1.29, 1.82) is 0 Å². The Kier molecular flexibility index (Phi) is 5.13. The molecule has 2 atom stereocenters. The molecule has 0 bridgehead atoms. The smallest absolute Gasteiger partial charge is 0.242 e. The van der Waals surface area contributed by atoms with Crippen LogP contribution in [0, 0.1) is 0 Å². The summed E-state index contributed by atoms with van der Waals surface area (Å²) < 4.78 is 0. The van der Waals surface area contributed by atoms with Gasteiger partial charge in [0.25, 0.3) is 0 Å². The van der Waals surface area contributed by atoms with Gasteiger partial charge in [0.15, 0.2) is 0 Å². The summed E-state index contributed by atoms with van der Waals surface area (Å²) >= 11 is 0. The van der Waals surface area contributed by atoms with Crippen LogP contribution in [0.25, 0.3) is 0 Å². The molecule has 126 valence electrons. The Hall–Kier alpha value is -2.37. The van der Waals surface area contributed by atoms with Crippen LogP contribution in [0.1, 0.15) is 23.3 Å². The standard InChI is InChI=1S/C19H23N3O2/c1-20-16-9-7-14(8-10-16)17(23)13-22-12-11-21-19(24)18(22)15-5-3-2-4-6-15/h2-10,17-18,20,23H,11-13H2,1H3,(H,21,24). The molecule has 1 fully saturated rings. The molecule has 0 aliphatic carbocycles. The van der Waals surface area contributed by atoms with Gasteiger partial charge in [0.2, 0.25) is 5.91 Å². The Bertz CT molecular complexity index is 673. The largest absolute Gasteiger partial charge is 0.388 e. The van der Waals surface area contributed by atoms with E-state index >= 15 is 0 Å². The van der Waals surface area contributed by atoms with Crippen molar-refractivity contribution in [1.82, 2.24) is 10.2 Å². The maximum atomic E-state index is 12.4. The fraction of sp³-hybridized carbons (Fsp3) is 0.316. The van der Waals surface area contributed by atoms with E-state index in [-0.39, 0.29) is 11.9 Å². The number of carbonyl (C=O) groups is 1. The summed E-state index contributed by atoms with van der Waals surface area (Å²) in [5, 5.41) is 16.6. The molecular formula is C19H23N3O2. The average molecular weight is 325 g/mol. The normalized spacial score (nSPS) is 19.6. The number of carbonyl (C=O) groups excluding carboxylic acids is 1. The van der Waals surface area contributed by atoms with Gasteiger partial charge in [-0.1, -0.05) is 42.5 Å². The van der Waals surface area contributed by atoms with Crippen molar-refractivity contribution in [2.24, 2.45) is 0 Å². The third-order valence-electron chi connectivity index (χ3n) is 4.42. The Morgan fingerprint density at radius 2 is 1.92 bits per heavy atom. The number of aliphatic hydroxyl groups is 1. The number of hydrogen-bond donors (Lipinski definition) is 3. The van der Waals surface area contributed by atoms with Crippen LogP contribution >= 0.6 is 0 Å². The minimum absolute atomic E-state index is 0.00909. The molecule has 0 spiro atoms. The summed E-state index contributed by atoms with van der Waals surface area (Å²) in [5.41, 5.74) is 2.81. The van der Waals surface area contributed by atoms with E-state index < -0.39 is 6.10 Å². The van der Waals surface area contributed by atoms with E-state index in [1.807, 2.05) is 66.5 Å². The molecule has 0 saturated carbocycles. The highest BCUT2D eigenvalue weighted by molar-refractivity contribution is 5.83. The SMILES string of the molecule is CNc1ccc(C(O)CN2CCNC(=O)C2c2ccccc2)cc1. The monoisotopic (exact) mass is 325 g/mol. The number of hydrogen-bond acceptors (Lipinski definition) is 4. The van der Waals surface area contributed by atoms with Crippen LogP contribution in [0.4, 0.5) is 5.69 Å². The van der Waals surface area contributed by atoms with Gasteiger partial charge >= 0.3 is 0 Å². The lowest BCUT2D eigenvalue weighted by Gasteiger charge is -2.36. The van der Waals surface area contributed by atoms with E-state index in [1.165, 1.54) is 0 Å². The molecule has 2 unspecified atom stereocenters. The second kappa shape index (κ2) is 7.47. The van der Waals surface area contributed by atoms with E-state index in [4.69, 9.17) is 0 Å². The van der Waals surface area contributed by atoms with Gasteiger partial charge in [0.05, 0.1) is 6.10 Å². The lowest BCUT2D eigenvalue weighted by molar-refractivity contribution is -0.130. The molecule has 1 aliphatic rings. The number of aliphatic hydroxyl groups excluding tert-OH is 1. The molecule has 0 radical (unpaired) electrons.